The second-order valence-corrected chi connectivity index (χ2v) is 9.12. The second-order valence-electron chi connectivity index (χ2n) is 7.32. The Morgan fingerprint density at radius 3 is 1.87 bits per heavy atom. The molecule has 0 fully saturated rings. The molecule has 0 atom stereocenters. The van der Waals surface area contributed by atoms with E-state index < -0.39 is 15.5 Å². The van der Waals surface area contributed by atoms with Gasteiger partial charge in [-0.2, -0.15) is 0 Å². The van der Waals surface area contributed by atoms with Gasteiger partial charge in [-0.05, 0) is 54.7 Å². The van der Waals surface area contributed by atoms with Crippen molar-refractivity contribution in [3.05, 3.63) is 94.5 Å². The van der Waals surface area contributed by atoms with E-state index >= 15 is 0 Å². The van der Waals surface area contributed by atoms with Gasteiger partial charge in [0, 0.05) is 12.5 Å². The van der Waals surface area contributed by atoms with Crippen LogP contribution in [0.15, 0.2) is 66.7 Å². The number of phenols is 1. The maximum Gasteiger partial charge on any atom is 0.300 e. The lowest BCUT2D eigenvalue weighted by molar-refractivity contribution is -0.134. The first-order chi connectivity index (χ1) is 14.3. The van der Waals surface area contributed by atoms with Crippen molar-refractivity contribution in [1.82, 2.24) is 0 Å². The van der Waals surface area contributed by atoms with Gasteiger partial charge in [0.1, 0.15) is 11.5 Å². The molecule has 0 unspecified atom stereocenters. The molecule has 158 valence electrons. The molecule has 0 radical (unpaired) electrons. The number of hydrogen-bond acceptors (Lipinski definition) is 3. The van der Waals surface area contributed by atoms with Crippen LogP contribution in [0.1, 0.15) is 40.3 Å². The third-order valence-electron chi connectivity index (χ3n) is 5.08. The number of aryl methyl sites for hydroxylation is 1. The van der Waals surface area contributed by atoms with Crippen LogP contribution in [0.3, 0.4) is 0 Å². The number of carboxylic acid groups (broad SMARTS) is 1. The van der Waals surface area contributed by atoms with E-state index in [2.05, 4.69) is 60.7 Å². The summed E-state index contributed by atoms with van der Waals surface area (Å²) in [7, 11) is -0.550. The molecule has 3 aromatic carbocycles. The highest BCUT2D eigenvalue weighted by molar-refractivity contribution is 6.39. The van der Waals surface area contributed by atoms with Gasteiger partial charge in [-0.25, -0.2) is 0 Å². The van der Waals surface area contributed by atoms with Crippen molar-refractivity contribution in [2.24, 2.45) is 0 Å². The molecule has 0 aliphatic heterocycles. The van der Waals surface area contributed by atoms with Gasteiger partial charge in [-0.15, -0.1) is 0 Å². The minimum absolute atomic E-state index is 0.374. The van der Waals surface area contributed by atoms with Gasteiger partial charge in [0.2, 0.25) is 0 Å². The van der Waals surface area contributed by atoms with Crippen LogP contribution in [0.5, 0.6) is 11.5 Å². The summed E-state index contributed by atoms with van der Waals surface area (Å²) < 4.78 is 6.18. The van der Waals surface area contributed by atoms with Crippen molar-refractivity contribution in [2.45, 2.75) is 33.2 Å². The number of rotatable bonds is 6. The SMILES string of the molecule is CC(=O)O.Cc1cc(OC[SiH2]C(c2ccccc2)c2ccccc2)c(C)c(C)c1O. The summed E-state index contributed by atoms with van der Waals surface area (Å²) in [6.45, 7) is 6.96. The molecule has 4 nitrogen and oxygen atoms in total. The zero-order chi connectivity index (χ0) is 22.1. The van der Waals surface area contributed by atoms with Crippen molar-refractivity contribution in [2.75, 3.05) is 6.23 Å². The van der Waals surface area contributed by atoms with Crippen LogP contribution in [0.2, 0.25) is 0 Å². The lowest BCUT2D eigenvalue weighted by atomic mass is 10.0. The molecule has 2 N–H and O–H groups in total. The molecule has 0 bridgehead atoms. The molecule has 0 heterocycles. The van der Waals surface area contributed by atoms with Gasteiger partial charge < -0.3 is 14.9 Å². The predicted molar refractivity (Wildman–Crippen MR) is 124 cm³/mol. The van der Waals surface area contributed by atoms with Gasteiger partial charge in [0.25, 0.3) is 5.97 Å². The molecule has 0 aliphatic carbocycles. The van der Waals surface area contributed by atoms with Crippen LogP contribution < -0.4 is 4.74 Å². The molecule has 30 heavy (non-hydrogen) atoms. The van der Waals surface area contributed by atoms with E-state index in [1.54, 1.807) is 0 Å². The zero-order valence-electron chi connectivity index (χ0n) is 18.1. The lowest BCUT2D eigenvalue weighted by Crippen LogP contribution is -2.18. The van der Waals surface area contributed by atoms with Crippen LogP contribution in [0.25, 0.3) is 0 Å². The highest BCUT2D eigenvalue weighted by Crippen LogP contribution is 2.32. The number of hydrogen-bond donors (Lipinski definition) is 2. The molecule has 0 spiro atoms. The van der Waals surface area contributed by atoms with Crippen molar-refractivity contribution < 1.29 is 19.7 Å². The van der Waals surface area contributed by atoms with E-state index in [0.29, 0.717) is 11.3 Å². The molecule has 0 aliphatic rings. The van der Waals surface area contributed by atoms with Crippen molar-refractivity contribution >= 4 is 15.5 Å². The zero-order valence-corrected chi connectivity index (χ0v) is 19.5. The van der Waals surface area contributed by atoms with Gasteiger partial charge in [-0.3, -0.25) is 4.79 Å². The number of carboxylic acids is 1. The van der Waals surface area contributed by atoms with Gasteiger partial charge in [0.15, 0.2) is 0 Å². The molecular weight excluding hydrogens is 392 g/mol. The Morgan fingerprint density at radius 1 is 0.933 bits per heavy atom. The molecule has 0 saturated heterocycles. The van der Waals surface area contributed by atoms with Gasteiger partial charge in [0.05, 0.1) is 15.7 Å². The number of aromatic hydroxyl groups is 1. The minimum atomic E-state index is -0.833. The van der Waals surface area contributed by atoms with E-state index in [0.717, 1.165) is 35.6 Å². The summed E-state index contributed by atoms with van der Waals surface area (Å²) in [6.07, 6.45) is 0.763. The fourth-order valence-corrected chi connectivity index (χ4v) is 5.15. The van der Waals surface area contributed by atoms with E-state index in [1.807, 2.05) is 26.8 Å². The van der Waals surface area contributed by atoms with Crippen molar-refractivity contribution in [3.8, 4) is 11.5 Å². The highest BCUT2D eigenvalue weighted by Gasteiger charge is 2.16. The summed E-state index contributed by atoms with van der Waals surface area (Å²) in [5.41, 5.74) is 5.97. The van der Waals surface area contributed by atoms with E-state index in [9.17, 15) is 5.11 Å². The summed E-state index contributed by atoms with van der Waals surface area (Å²) in [4.78, 5) is 9.00. The Hall–Kier alpha value is -3.05. The summed E-state index contributed by atoms with van der Waals surface area (Å²) in [5, 5.41) is 17.5. The van der Waals surface area contributed by atoms with Crippen LogP contribution in [0.4, 0.5) is 0 Å². The first-order valence-corrected chi connectivity index (χ1v) is 11.8. The summed E-state index contributed by atoms with van der Waals surface area (Å²) in [5.74, 6) is 0.434. The number of carbonyl (C=O) groups is 1. The number of benzene rings is 3. The molecular formula is C25H30O4Si. The number of ether oxygens (including phenoxy) is 1. The van der Waals surface area contributed by atoms with Crippen molar-refractivity contribution in [3.63, 3.8) is 0 Å². The molecule has 0 amide bonds. The van der Waals surface area contributed by atoms with Gasteiger partial charge >= 0.3 is 0 Å². The third-order valence-corrected chi connectivity index (χ3v) is 7.04. The largest absolute Gasteiger partial charge is 0.507 e. The Labute approximate surface area is 181 Å². The number of phenolic OH excluding ortho intramolecular Hbond substituents is 1. The maximum absolute atomic E-state index is 10.1. The Morgan fingerprint density at radius 2 is 1.40 bits per heavy atom. The van der Waals surface area contributed by atoms with Crippen LogP contribution in [-0.2, 0) is 4.79 Å². The summed E-state index contributed by atoms with van der Waals surface area (Å²) in [6, 6.07) is 23.4. The lowest BCUT2D eigenvalue weighted by Gasteiger charge is -2.19. The molecule has 5 heteroatoms. The van der Waals surface area contributed by atoms with E-state index in [4.69, 9.17) is 14.6 Å². The standard InChI is InChI=1S/C23H26O2Si.C2H4O2/c1-16-14-21(17(2)18(3)22(16)24)25-15-26-23(19-10-6-4-7-11-19)20-12-8-5-9-13-20;1-2(3)4/h4-14,23-24H,15,26H2,1-3H3;1H3,(H,3,4). The molecule has 3 rings (SSSR count). The number of aliphatic carboxylic acids is 1. The quantitative estimate of drug-likeness (QED) is 0.565. The first kappa shape index (κ1) is 23.2. The van der Waals surface area contributed by atoms with E-state index in [1.165, 1.54) is 11.1 Å². The van der Waals surface area contributed by atoms with Gasteiger partial charge in [-0.1, -0.05) is 60.7 Å². The Kier molecular flexibility index (Phi) is 8.68. The van der Waals surface area contributed by atoms with Crippen LogP contribution >= 0.6 is 0 Å². The van der Waals surface area contributed by atoms with E-state index in [-0.39, 0.29) is 0 Å². The molecule has 0 aromatic heterocycles. The normalized spacial score (nSPS) is 10.7. The maximum atomic E-state index is 10.1. The second kappa shape index (κ2) is 11.2. The predicted octanol–water partition coefficient (Wildman–Crippen LogP) is 4.70. The highest BCUT2D eigenvalue weighted by atomic mass is 28.2. The average Bonchev–Trinajstić information content (AvgIpc) is 2.74. The monoisotopic (exact) mass is 422 g/mol. The fraction of sp³-hybridized carbons (Fsp3) is 0.240. The van der Waals surface area contributed by atoms with Crippen molar-refractivity contribution in [1.29, 1.82) is 0 Å². The third kappa shape index (κ3) is 6.49. The summed E-state index contributed by atoms with van der Waals surface area (Å²) >= 11 is 0. The first-order valence-electron chi connectivity index (χ1n) is 10.0. The van der Waals surface area contributed by atoms with Crippen LogP contribution in [0, 0.1) is 20.8 Å². The topological polar surface area (TPSA) is 66.8 Å². The minimum Gasteiger partial charge on any atom is -0.507 e. The smallest absolute Gasteiger partial charge is 0.300 e. The fourth-order valence-electron chi connectivity index (χ4n) is 3.36. The molecule has 0 saturated carbocycles. The average molecular weight is 423 g/mol. The Balaban J connectivity index is 0.000000735. The van der Waals surface area contributed by atoms with Crippen LogP contribution in [-0.4, -0.2) is 31.9 Å². The Bertz CT molecular complexity index is 912. The molecule has 3 aromatic rings.